The molecular formula is C15H21NO3. The van der Waals surface area contributed by atoms with Gasteiger partial charge in [-0.2, -0.15) is 0 Å². The van der Waals surface area contributed by atoms with E-state index in [1.165, 1.54) is 0 Å². The molecule has 0 saturated carbocycles. The number of carbonyl (C=O) groups is 2. The molecule has 104 valence electrons. The van der Waals surface area contributed by atoms with Gasteiger partial charge in [0.25, 0.3) is 5.91 Å². The number of amides is 1. The third kappa shape index (κ3) is 4.39. The maximum Gasteiger partial charge on any atom is 0.338 e. The highest BCUT2D eigenvalue weighted by Gasteiger charge is 2.18. The van der Waals surface area contributed by atoms with E-state index in [2.05, 4.69) is 19.2 Å². The van der Waals surface area contributed by atoms with Gasteiger partial charge in [-0.25, -0.2) is 4.79 Å². The van der Waals surface area contributed by atoms with Crippen molar-refractivity contribution in [1.29, 1.82) is 0 Å². The molecule has 1 rings (SSSR count). The van der Waals surface area contributed by atoms with E-state index in [1.54, 1.807) is 19.1 Å². The van der Waals surface area contributed by atoms with E-state index in [0.29, 0.717) is 18.0 Å². The lowest BCUT2D eigenvalue weighted by Gasteiger charge is -2.13. The van der Waals surface area contributed by atoms with Crippen LogP contribution in [0.25, 0.3) is 0 Å². The van der Waals surface area contributed by atoms with Crippen molar-refractivity contribution >= 4 is 11.9 Å². The zero-order chi connectivity index (χ0) is 14.4. The van der Waals surface area contributed by atoms with Gasteiger partial charge in [0.15, 0.2) is 6.10 Å². The quantitative estimate of drug-likeness (QED) is 0.830. The summed E-state index contributed by atoms with van der Waals surface area (Å²) in [7, 11) is 0. The Kier molecular flexibility index (Phi) is 5.55. The predicted molar refractivity (Wildman–Crippen MR) is 74.1 cm³/mol. The van der Waals surface area contributed by atoms with Gasteiger partial charge in [0.1, 0.15) is 0 Å². The molecule has 0 aliphatic rings. The Hall–Kier alpha value is -1.84. The molecule has 0 aromatic heterocycles. The monoisotopic (exact) mass is 263 g/mol. The minimum Gasteiger partial charge on any atom is -0.449 e. The largest absolute Gasteiger partial charge is 0.449 e. The molecule has 1 amide bonds. The normalized spacial score (nSPS) is 12.1. The SMILES string of the molecule is CCNC(=O)[C@H](C)OC(=O)c1ccc(C(C)C)cc1. The van der Waals surface area contributed by atoms with Gasteiger partial charge in [-0.1, -0.05) is 26.0 Å². The fourth-order valence-corrected chi connectivity index (χ4v) is 1.60. The number of ether oxygens (including phenoxy) is 1. The summed E-state index contributed by atoms with van der Waals surface area (Å²) in [6, 6.07) is 7.25. The number of esters is 1. The minimum absolute atomic E-state index is 0.283. The zero-order valence-corrected chi connectivity index (χ0v) is 11.9. The first-order valence-corrected chi connectivity index (χ1v) is 6.54. The highest BCUT2D eigenvalue weighted by Crippen LogP contribution is 2.15. The lowest BCUT2D eigenvalue weighted by atomic mass is 10.0. The number of likely N-dealkylation sites (N-methyl/N-ethyl adjacent to an activating group) is 1. The third-order valence-corrected chi connectivity index (χ3v) is 2.82. The number of nitrogens with one attached hydrogen (secondary N) is 1. The molecule has 0 unspecified atom stereocenters. The van der Waals surface area contributed by atoms with Gasteiger partial charge < -0.3 is 10.1 Å². The van der Waals surface area contributed by atoms with Crippen molar-refractivity contribution in [3.63, 3.8) is 0 Å². The fraction of sp³-hybridized carbons (Fsp3) is 0.467. The van der Waals surface area contributed by atoms with Crippen LogP contribution in [-0.2, 0) is 9.53 Å². The van der Waals surface area contributed by atoms with Crippen molar-refractivity contribution < 1.29 is 14.3 Å². The summed E-state index contributed by atoms with van der Waals surface area (Å²) in [6.07, 6.45) is -0.780. The van der Waals surface area contributed by atoms with Crippen LogP contribution >= 0.6 is 0 Å². The van der Waals surface area contributed by atoms with Crippen molar-refractivity contribution in [3.8, 4) is 0 Å². The molecule has 0 radical (unpaired) electrons. The highest BCUT2D eigenvalue weighted by molar-refractivity contribution is 5.92. The first kappa shape index (κ1) is 15.2. The molecule has 0 aliphatic heterocycles. The van der Waals surface area contributed by atoms with Gasteiger partial charge >= 0.3 is 5.97 Å². The van der Waals surface area contributed by atoms with Crippen LogP contribution in [0.1, 0.15) is 49.5 Å². The summed E-state index contributed by atoms with van der Waals surface area (Å²) in [5, 5.41) is 2.61. The minimum atomic E-state index is -0.780. The molecule has 1 N–H and O–H groups in total. The second-order valence-corrected chi connectivity index (χ2v) is 4.72. The lowest BCUT2D eigenvalue weighted by molar-refractivity contribution is -0.128. The van der Waals surface area contributed by atoms with E-state index in [-0.39, 0.29) is 5.91 Å². The van der Waals surface area contributed by atoms with Crippen LogP contribution in [0.4, 0.5) is 0 Å². The Labute approximate surface area is 114 Å². The number of carbonyl (C=O) groups excluding carboxylic acids is 2. The van der Waals surface area contributed by atoms with Crippen molar-refractivity contribution in [1.82, 2.24) is 5.32 Å². The van der Waals surface area contributed by atoms with Crippen LogP contribution < -0.4 is 5.32 Å². The van der Waals surface area contributed by atoms with Gasteiger partial charge in [-0.3, -0.25) is 4.79 Å². The van der Waals surface area contributed by atoms with Gasteiger partial charge in [-0.15, -0.1) is 0 Å². The van der Waals surface area contributed by atoms with E-state index in [1.807, 2.05) is 19.1 Å². The number of hydrogen-bond donors (Lipinski definition) is 1. The molecule has 0 aliphatic carbocycles. The first-order valence-electron chi connectivity index (χ1n) is 6.54. The molecule has 4 heteroatoms. The maximum absolute atomic E-state index is 11.8. The smallest absolute Gasteiger partial charge is 0.338 e. The van der Waals surface area contributed by atoms with Crippen LogP contribution in [0.15, 0.2) is 24.3 Å². The van der Waals surface area contributed by atoms with Crippen molar-refractivity contribution in [3.05, 3.63) is 35.4 Å². The first-order chi connectivity index (χ1) is 8.95. The fourth-order valence-electron chi connectivity index (χ4n) is 1.60. The summed E-state index contributed by atoms with van der Waals surface area (Å²) in [4.78, 5) is 23.3. The molecule has 0 heterocycles. The molecule has 0 spiro atoms. The van der Waals surface area contributed by atoms with Crippen LogP contribution in [0.3, 0.4) is 0 Å². The van der Waals surface area contributed by atoms with Crippen molar-refractivity contribution in [2.75, 3.05) is 6.54 Å². The molecule has 1 aromatic rings. The van der Waals surface area contributed by atoms with Crippen LogP contribution in [0.5, 0.6) is 0 Å². The molecule has 4 nitrogen and oxygen atoms in total. The Balaban J connectivity index is 2.65. The topological polar surface area (TPSA) is 55.4 Å². The van der Waals surface area contributed by atoms with E-state index < -0.39 is 12.1 Å². The summed E-state index contributed by atoms with van der Waals surface area (Å²) in [6.45, 7) is 8.07. The number of rotatable bonds is 5. The Bertz CT molecular complexity index is 437. The molecule has 1 aromatic carbocycles. The van der Waals surface area contributed by atoms with Crippen LogP contribution in [-0.4, -0.2) is 24.5 Å². The van der Waals surface area contributed by atoms with E-state index in [4.69, 9.17) is 4.74 Å². The van der Waals surface area contributed by atoms with Crippen molar-refractivity contribution in [2.45, 2.75) is 39.7 Å². The molecule has 0 fully saturated rings. The predicted octanol–water partition coefficient (Wildman–Crippen LogP) is 2.49. The van der Waals surface area contributed by atoms with Gasteiger partial charge in [0, 0.05) is 6.54 Å². The average Bonchev–Trinajstić information content (AvgIpc) is 2.38. The molecular weight excluding hydrogens is 242 g/mol. The van der Waals surface area contributed by atoms with Crippen molar-refractivity contribution in [2.24, 2.45) is 0 Å². The Morgan fingerprint density at radius 2 is 1.74 bits per heavy atom. The van der Waals surface area contributed by atoms with Gasteiger partial charge in [0.2, 0.25) is 0 Å². The summed E-state index contributed by atoms with van der Waals surface area (Å²) in [5.74, 6) is -0.344. The highest BCUT2D eigenvalue weighted by atomic mass is 16.5. The summed E-state index contributed by atoms with van der Waals surface area (Å²) < 4.78 is 5.10. The zero-order valence-electron chi connectivity index (χ0n) is 11.9. The molecule has 0 saturated heterocycles. The number of benzene rings is 1. The molecule has 19 heavy (non-hydrogen) atoms. The Morgan fingerprint density at radius 1 is 1.16 bits per heavy atom. The second-order valence-electron chi connectivity index (χ2n) is 4.72. The van der Waals surface area contributed by atoms with Gasteiger partial charge in [-0.05, 0) is 37.5 Å². The average molecular weight is 263 g/mol. The molecule has 1 atom stereocenters. The number of hydrogen-bond acceptors (Lipinski definition) is 3. The Morgan fingerprint density at radius 3 is 2.21 bits per heavy atom. The third-order valence-electron chi connectivity index (χ3n) is 2.82. The van der Waals surface area contributed by atoms with Crippen LogP contribution in [0.2, 0.25) is 0 Å². The second kappa shape index (κ2) is 6.92. The summed E-state index contributed by atoms with van der Waals surface area (Å²) >= 11 is 0. The maximum atomic E-state index is 11.8. The van der Waals surface area contributed by atoms with Crippen LogP contribution in [0, 0.1) is 0 Å². The lowest BCUT2D eigenvalue weighted by Crippen LogP contribution is -2.35. The standard InChI is InChI=1S/C15H21NO3/c1-5-16-14(17)11(4)19-15(18)13-8-6-12(7-9-13)10(2)3/h6-11H,5H2,1-4H3,(H,16,17)/t11-/m0/s1. The molecule has 0 bridgehead atoms. The van der Waals surface area contributed by atoms with E-state index in [0.717, 1.165) is 5.56 Å². The van der Waals surface area contributed by atoms with Gasteiger partial charge in [0.05, 0.1) is 5.56 Å². The van der Waals surface area contributed by atoms with E-state index >= 15 is 0 Å². The summed E-state index contributed by atoms with van der Waals surface area (Å²) in [5.41, 5.74) is 1.62. The van der Waals surface area contributed by atoms with E-state index in [9.17, 15) is 9.59 Å².